The molecule has 5 rings (SSSR count). The third-order valence-corrected chi connectivity index (χ3v) is 6.77. The van der Waals surface area contributed by atoms with E-state index in [1.54, 1.807) is 37.4 Å². The summed E-state index contributed by atoms with van der Waals surface area (Å²) in [5, 5.41) is 16.7. The highest BCUT2D eigenvalue weighted by atomic mass is 35.5. The van der Waals surface area contributed by atoms with Crippen molar-refractivity contribution in [3.63, 3.8) is 0 Å². The monoisotopic (exact) mass is 603 g/mol. The van der Waals surface area contributed by atoms with Gasteiger partial charge in [-0.3, -0.25) is 14.3 Å². The minimum absolute atomic E-state index is 0.205. The number of aromatic nitrogens is 2. The predicted molar refractivity (Wildman–Crippen MR) is 166 cm³/mol. The summed E-state index contributed by atoms with van der Waals surface area (Å²) < 4.78 is 15.2. The molecule has 0 aliphatic rings. The van der Waals surface area contributed by atoms with Crippen LogP contribution in [-0.4, -0.2) is 40.7 Å². The van der Waals surface area contributed by atoms with Crippen molar-refractivity contribution in [2.45, 2.75) is 13.0 Å². The van der Waals surface area contributed by atoms with Crippen LogP contribution in [0.3, 0.4) is 0 Å². The van der Waals surface area contributed by atoms with Crippen LogP contribution < -0.4 is 5.32 Å². The fourth-order valence-electron chi connectivity index (χ4n) is 4.19. The van der Waals surface area contributed by atoms with Gasteiger partial charge >= 0.3 is 5.97 Å². The fourth-order valence-corrected chi connectivity index (χ4v) is 4.72. The minimum Gasteiger partial charge on any atom is -0.481 e. The Labute approximate surface area is 253 Å². The van der Waals surface area contributed by atoms with Crippen LogP contribution >= 0.6 is 23.2 Å². The van der Waals surface area contributed by atoms with Gasteiger partial charge in [0.05, 0.1) is 24.4 Å². The lowest BCUT2D eigenvalue weighted by atomic mass is 10.0. The molecule has 0 fully saturated rings. The first-order valence-corrected chi connectivity index (χ1v) is 13.8. The highest BCUT2D eigenvalue weighted by Gasteiger charge is 2.14. The molecule has 0 aliphatic carbocycles. The summed E-state index contributed by atoms with van der Waals surface area (Å²) in [5.41, 5.74) is 7.03. The van der Waals surface area contributed by atoms with E-state index in [0.717, 1.165) is 45.5 Å². The van der Waals surface area contributed by atoms with Gasteiger partial charge in [-0.1, -0.05) is 83.9 Å². The Morgan fingerprint density at radius 2 is 1.43 bits per heavy atom. The molecule has 6 nitrogen and oxygen atoms in total. The van der Waals surface area contributed by atoms with Crippen LogP contribution in [0.25, 0.3) is 33.6 Å². The van der Waals surface area contributed by atoms with Crippen molar-refractivity contribution in [3.8, 4) is 33.6 Å². The van der Waals surface area contributed by atoms with E-state index in [1.165, 1.54) is 12.1 Å². The van der Waals surface area contributed by atoms with Crippen molar-refractivity contribution < 1.29 is 19.1 Å². The third-order valence-electron chi connectivity index (χ3n) is 6.33. The number of hydrogen-bond acceptors (Lipinski definition) is 4. The number of carbonyl (C=O) groups is 2. The van der Waals surface area contributed by atoms with Crippen LogP contribution in [0.15, 0.2) is 97.1 Å². The molecule has 0 amide bonds. The first-order chi connectivity index (χ1) is 20.2. The van der Waals surface area contributed by atoms with Crippen molar-refractivity contribution in [3.05, 3.63) is 124 Å². The van der Waals surface area contributed by atoms with Crippen LogP contribution in [0.1, 0.15) is 22.3 Å². The van der Waals surface area contributed by atoms with Gasteiger partial charge in [0.15, 0.2) is 0 Å². The second-order valence-corrected chi connectivity index (χ2v) is 10.3. The number of nitrogens with zero attached hydrogens (tertiary/aromatic N) is 2. The lowest BCUT2D eigenvalue weighted by Gasteiger charge is -2.09. The predicted octanol–water partition coefficient (Wildman–Crippen LogP) is 7.87. The number of rotatable bonds is 9. The molecule has 214 valence electrons. The molecular formula is C33H28Cl2FN3O3. The number of hydrogen-bond donors (Lipinski definition) is 2. The molecule has 0 atom stereocenters. The Bertz CT molecular complexity index is 1630. The van der Waals surface area contributed by atoms with Crippen LogP contribution in [0.5, 0.6) is 0 Å². The molecule has 1 heterocycles. The van der Waals surface area contributed by atoms with Crippen LogP contribution in [-0.2, 0) is 11.3 Å². The third kappa shape index (κ3) is 8.36. The van der Waals surface area contributed by atoms with Gasteiger partial charge in [-0.25, -0.2) is 4.39 Å². The molecule has 0 aliphatic heterocycles. The Morgan fingerprint density at radius 1 is 0.857 bits per heavy atom. The Kier molecular flexibility index (Phi) is 10.6. The quantitative estimate of drug-likeness (QED) is 0.167. The van der Waals surface area contributed by atoms with E-state index in [0.29, 0.717) is 28.7 Å². The number of nitrogens with one attached hydrogen (secondary N) is 1. The second-order valence-electron chi connectivity index (χ2n) is 9.42. The molecule has 0 saturated heterocycles. The van der Waals surface area contributed by atoms with Gasteiger partial charge < -0.3 is 10.4 Å². The van der Waals surface area contributed by atoms with Crippen molar-refractivity contribution in [1.29, 1.82) is 0 Å². The average molecular weight is 605 g/mol. The van der Waals surface area contributed by atoms with E-state index in [1.807, 2.05) is 59.3 Å². The summed E-state index contributed by atoms with van der Waals surface area (Å²) in [7, 11) is 1.73. The fraction of sp³-hybridized carbons (Fsp3) is 0.121. The van der Waals surface area contributed by atoms with Gasteiger partial charge in [0.25, 0.3) is 0 Å². The maximum absolute atomic E-state index is 13.3. The summed E-state index contributed by atoms with van der Waals surface area (Å²) in [6.07, 6.45) is 1.03. The number of aldehydes is 1. The van der Waals surface area contributed by atoms with E-state index < -0.39 is 5.97 Å². The van der Waals surface area contributed by atoms with E-state index in [2.05, 4.69) is 5.32 Å². The van der Waals surface area contributed by atoms with Gasteiger partial charge in [-0.05, 0) is 65.7 Å². The average Bonchev–Trinajstić information content (AvgIpc) is 3.40. The largest absolute Gasteiger partial charge is 0.481 e. The highest BCUT2D eigenvalue weighted by molar-refractivity contribution is 6.35. The first-order valence-electron chi connectivity index (χ1n) is 13.1. The number of halogens is 3. The van der Waals surface area contributed by atoms with Gasteiger partial charge in [0.2, 0.25) is 0 Å². The maximum Gasteiger partial charge on any atom is 0.304 e. The molecular weight excluding hydrogens is 576 g/mol. The van der Waals surface area contributed by atoms with Crippen molar-refractivity contribution >= 4 is 35.5 Å². The highest BCUT2D eigenvalue weighted by Crippen LogP contribution is 2.32. The summed E-state index contributed by atoms with van der Waals surface area (Å²) in [5.74, 6) is -1.02. The van der Waals surface area contributed by atoms with Gasteiger partial charge in [-0.15, -0.1) is 0 Å². The number of aliphatic carboxylic acids is 1. The molecule has 5 aromatic rings. The molecule has 0 unspecified atom stereocenters. The molecule has 0 bridgehead atoms. The smallest absolute Gasteiger partial charge is 0.304 e. The Balaban J connectivity index is 0.000000517. The molecule has 0 spiro atoms. The number of carboxylic acids is 1. The first kappa shape index (κ1) is 30.7. The normalized spacial score (nSPS) is 10.6. The Morgan fingerprint density at radius 3 is 1.95 bits per heavy atom. The maximum atomic E-state index is 13.3. The summed E-state index contributed by atoms with van der Waals surface area (Å²) in [4.78, 5) is 20.7. The summed E-state index contributed by atoms with van der Waals surface area (Å²) in [6.45, 7) is 1.07. The van der Waals surface area contributed by atoms with E-state index in [4.69, 9.17) is 33.4 Å². The van der Waals surface area contributed by atoms with Crippen molar-refractivity contribution in [1.82, 2.24) is 15.1 Å². The van der Waals surface area contributed by atoms with E-state index in [-0.39, 0.29) is 12.2 Å². The molecule has 0 radical (unpaired) electrons. The number of carboxylic acid groups (broad SMARTS) is 1. The number of benzene rings is 4. The van der Waals surface area contributed by atoms with Crippen molar-refractivity contribution in [2.24, 2.45) is 0 Å². The molecule has 9 heteroatoms. The zero-order chi connectivity index (χ0) is 30.1. The van der Waals surface area contributed by atoms with Gasteiger partial charge in [0, 0.05) is 27.7 Å². The second kappa shape index (κ2) is 14.5. The standard InChI is InChI=1S/C29H19Cl2FN2O.C4H9NO2/c30-25-13-24(14-26(31)15-25)28-16-29(34(33-28)17-19-1-3-20(18-35)4-2-19)23-7-5-21(6-8-23)22-9-11-27(32)12-10-22;1-5-3-2-4(6)7/h1-16,18H,17H2;5H,2-3H2,1H3,(H,6,7). The molecule has 4 aromatic carbocycles. The number of carbonyl (C=O) groups excluding carboxylic acids is 1. The molecule has 1 aromatic heterocycles. The van der Waals surface area contributed by atoms with Crippen LogP contribution in [0.4, 0.5) is 4.39 Å². The van der Waals surface area contributed by atoms with Crippen LogP contribution in [0, 0.1) is 5.82 Å². The zero-order valence-corrected chi connectivity index (χ0v) is 24.2. The van der Waals surface area contributed by atoms with Crippen molar-refractivity contribution in [2.75, 3.05) is 13.6 Å². The molecule has 0 saturated carbocycles. The summed E-state index contributed by atoms with van der Waals surface area (Å²) in [6, 6.07) is 29.3. The lowest BCUT2D eigenvalue weighted by molar-refractivity contribution is -0.136. The van der Waals surface area contributed by atoms with E-state index in [9.17, 15) is 14.0 Å². The van der Waals surface area contributed by atoms with Gasteiger partial charge in [0.1, 0.15) is 12.1 Å². The minimum atomic E-state index is -0.755. The van der Waals surface area contributed by atoms with Gasteiger partial charge in [-0.2, -0.15) is 5.10 Å². The van der Waals surface area contributed by atoms with E-state index >= 15 is 0 Å². The topological polar surface area (TPSA) is 84.2 Å². The summed E-state index contributed by atoms with van der Waals surface area (Å²) >= 11 is 12.5. The molecule has 2 N–H and O–H groups in total. The molecule has 42 heavy (non-hydrogen) atoms. The van der Waals surface area contributed by atoms with Crippen LogP contribution in [0.2, 0.25) is 10.0 Å². The SMILES string of the molecule is CNCCC(=O)O.O=Cc1ccc(Cn2nc(-c3cc(Cl)cc(Cl)c3)cc2-c2ccc(-c3ccc(F)cc3)cc2)cc1. The zero-order valence-electron chi connectivity index (χ0n) is 22.7. The lowest BCUT2D eigenvalue weighted by Crippen LogP contribution is -2.11. The Hall–Kier alpha value is -4.30.